The average molecular weight is 160 g/mol. The second kappa shape index (κ2) is 2.99. The highest BCUT2D eigenvalue weighted by molar-refractivity contribution is 6.30. The van der Waals surface area contributed by atoms with Crippen LogP contribution in [0.25, 0.3) is 0 Å². The lowest BCUT2D eigenvalue weighted by Gasteiger charge is -1.96. The van der Waals surface area contributed by atoms with E-state index in [1.165, 1.54) is 12.1 Å². The maximum absolute atomic E-state index is 12.5. The van der Waals surface area contributed by atoms with Crippen LogP contribution in [0, 0.1) is 5.82 Å². The summed E-state index contributed by atoms with van der Waals surface area (Å²) in [5.41, 5.74) is 5.98. The lowest BCUT2D eigenvalue weighted by Crippen LogP contribution is -1.96. The molecule has 0 fully saturated rings. The van der Waals surface area contributed by atoms with Crippen LogP contribution in [-0.4, -0.2) is 0 Å². The minimum Gasteiger partial charge on any atom is -0.326 e. The SMILES string of the molecule is NCc1cc(F)cc(Cl)c1. The van der Waals surface area contributed by atoms with Gasteiger partial charge in [-0.05, 0) is 23.8 Å². The summed E-state index contributed by atoms with van der Waals surface area (Å²) in [5.74, 6) is -0.340. The van der Waals surface area contributed by atoms with E-state index in [-0.39, 0.29) is 5.82 Å². The molecule has 0 aliphatic heterocycles. The molecule has 0 aliphatic carbocycles. The van der Waals surface area contributed by atoms with Crippen LogP contribution in [0.4, 0.5) is 4.39 Å². The number of halogens is 2. The highest BCUT2D eigenvalue weighted by atomic mass is 35.5. The first-order chi connectivity index (χ1) is 4.72. The van der Waals surface area contributed by atoms with Crippen molar-refractivity contribution in [1.82, 2.24) is 0 Å². The van der Waals surface area contributed by atoms with Crippen LogP contribution in [0.1, 0.15) is 5.56 Å². The maximum Gasteiger partial charge on any atom is 0.125 e. The number of rotatable bonds is 1. The molecule has 0 saturated heterocycles. The van der Waals surface area contributed by atoms with E-state index >= 15 is 0 Å². The summed E-state index contributed by atoms with van der Waals surface area (Å²) in [6, 6.07) is 4.26. The topological polar surface area (TPSA) is 26.0 Å². The van der Waals surface area contributed by atoms with Crippen molar-refractivity contribution in [2.75, 3.05) is 0 Å². The lowest BCUT2D eigenvalue weighted by atomic mass is 10.2. The quantitative estimate of drug-likeness (QED) is 0.666. The third kappa shape index (κ3) is 1.69. The molecule has 3 heteroatoms. The largest absolute Gasteiger partial charge is 0.326 e. The van der Waals surface area contributed by atoms with Gasteiger partial charge in [0, 0.05) is 11.6 Å². The van der Waals surface area contributed by atoms with Crippen LogP contribution >= 0.6 is 11.6 Å². The van der Waals surface area contributed by atoms with Gasteiger partial charge in [0.1, 0.15) is 5.82 Å². The summed E-state index contributed by atoms with van der Waals surface area (Å²) in [7, 11) is 0. The summed E-state index contributed by atoms with van der Waals surface area (Å²) >= 11 is 5.53. The van der Waals surface area contributed by atoms with Crippen LogP contribution in [0.15, 0.2) is 18.2 Å². The van der Waals surface area contributed by atoms with Crippen molar-refractivity contribution in [2.24, 2.45) is 5.73 Å². The van der Waals surface area contributed by atoms with E-state index in [0.29, 0.717) is 17.1 Å². The molecule has 0 saturated carbocycles. The van der Waals surface area contributed by atoms with E-state index in [1.54, 1.807) is 6.07 Å². The first kappa shape index (κ1) is 7.51. The van der Waals surface area contributed by atoms with E-state index in [0.717, 1.165) is 0 Å². The van der Waals surface area contributed by atoms with E-state index < -0.39 is 0 Å². The van der Waals surface area contributed by atoms with Crippen molar-refractivity contribution >= 4 is 11.6 Å². The van der Waals surface area contributed by atoms with Gasteiger partial charge in [0.15, 0.2) is 0 Å². The summed E-state index contributed by atoms with van der Waals surface area (Å²) in [6.45, 7) is 0.317. The molecule has 0 bridgehead atoms. The van der Waals surface area contributed by atoms with Crippen molar-refractivity contribution in [2.45, 2.75) is 6.54 Å². The Hall–Kier alpha value is -0.600. The monoisotopic (exact) mass is 159 g/mol. The molecule has 54 valence electrons. The molecule has 0 aliphatic rings. The second-order valence-corrected chi connectivity index (χ2v) is 2.42. The van der Waals surface area contributed by atoms with Crippen molar-refractivity contribution < 1.29 is 4.39 Å². The smallest absolute Gasteiger partial charge is 0.125 e. The average Bonchev–Trinajstić information content (AvgIpc) is 1.85. The Morgan fingerprint density at radius 2 is 2.10 bits per heavy atom. The minimum atomic E-state index is -0.340. The summed E-state index contributed by atoms with van der Waals surface area (Å²) in [5, 5.41) is 0.389. The maximum atomic E-state index is 12.5. The molecule has 1 aromatic carbocycles. The van der Waals surface area contributed by atoms with Gasteiger partial charge in [-0.1, -0.05) is 11.6 Å². The predicted molar refractivity (Wildman–Crippen MR) is 39.3 cm³/mol. The Bertz CT molecular complexity index is 217. The van der Waals surface area contributed by atoms with Gasteiger partial charge in [-0.3, -0.25) is 0 Å². The fraction of sp³-hybridized carbons (Fsp3) is 0.143. The van der Waals surface area contributed by atoms with Gasteiger partial charge in [0.05, 0.1) is 0 Å². The molecular formula is C7H7ClFN. The van der Waals surface area contributed by atoms with Crippen LogP contribution in [0.3, 0.4) is 0 Å². The Morgan fingerprint density at radius 3 is 2.60 bits per heavy atom. The molecule has 1 nitrogen and oxygen atoms in total. The Balaban J connectivity index is 3.06. The zero-order valence-corrected chi connectivity index (χ0v) is 6.03. The Kier molecular flexibility index (Phi) is 2.25. The number of hydrogen-bond acceptors (Lipinski definition) is 1. The molecule has 0 amide bonds. The first-order valence-electron chi connectivity index (χ1n) is 2.87. The summed E-state index contributed by atoms with van der Waals surface area (Å²) in [4.78, 5) is 0. The van der Waals surface area contributed by atoms with E-state index in [9.17, 15) is 4.39 Å². The van der Waals surface area contributed by atoms with Crippen molar-refractivity contribution in [3.63, 3.8) is 0 Å². The van der Waals surface area contributed by atoms with E-state index in [1.807, 2.05) is 0 Å². The third-order valence-electron chi connectivity index (χ3n) is 1.16. The van der Waals surface area contributed by atoms with E-state index in [4.69, 9.17) is 17.3 Å². The van der Waals surface area contributed by atoms with Gasteiger partial charge < -0.3 is 5.73 Å². The molecule has 0 heterocycles. The van der Waals surface area contributed by atoms with E-state index in [2.05, 4.69) is 0 Å². The van der Waals surface area contributed by atoms with Crippen LogP contribution in [-0.2, 0) is 6.54 Å². The third-order valence-corrected chi connectivity index (χ3v) is 1.38. The fourth-order valence-electron chi connectivity index (χ4n) is 0.729. The van der Waals surface area contributed by atoms with Gasteiger partial charge in [0.2, 0.25) is 0 Å². The minimum absolute atomic E-state index is 0.317. The zero-order chi connectivity index (χ0) is 7.56. The molecular weight excluding hydrogens is 153 g/mol. The highest BCUT2D eigenvalue weighted by Crippen LogP contribution is 2.13. The van der Waals surface area contributed by atoms with Crippen molar-refractivity contribution in [3.8, 4) is 0 Å². The van der Waals surface area contributed by atoms with Gasteiger partial charge >= 0.3 is 0 Å². The van der Waals surface area contributed by atoms with Crippen LogP contribution < -0.4 is 5.73 Å². The molecule has 0 spiro atoms. The van der Waals surface area contributed by atoms with Gasteiger partial charge in [0.25, 0.3) is 0 Å². The molecule has 10 heavy (non-hydrogen) atoms. The summed E-state index contributed by atoms with van der Waals surface area (Å²) < 4.78 is 12.5. The predicted octanol–water partition coefficient (Wildman–Crippen LogP) is 1.94. The fourth-order valence-corrected chi connectivity index (χ4v) is 0.973. The van der Waals surface area contributed by atoms with Crippen LogP contribution in [0.5, 0.6) is 0 Å². The normalized spacial score (nSPS) is 9.90. The van der Waals surface area contributed by atoms with Gasteiger partial charge in [-0.2, -0.15) is 0 Å². The second-order valence-electron chi connectivity index (χ2n) is 1.98. The molecule has 0 unspecified atom stereocenters. The standard InChI is InChI=1S/C7H7ClFN/c8-6-1-5(4-10)2-7(9)3-6/h1-3H,4,10H2. The number of benzene rings is 1. The highest BCUT2D eigenvalue weighted by Gasteiger charge is 1.95. The summed E-state index contributed by atoms with van der Waals surface area (Å²) in [6.07, 6.45) is 0. The molecule has 0 atom stereocenters. The zero-order valence-electron chi connectivity index (χ0n) is 5.27. The molecule has 1 rings (SSSR count). The van der Waals surface area contributed by atoms with Crippen molar-refractivity contribution in [1.29, 1.82) is 0 Å². The van der Waals surface area contributed by atoms with Crippen molar-refractivity contribution in [3.05, 3.63) is 34.6 Å². The number of hydrogen-bond donors (Lipinski definition) is 1. The molecule has 0 aromatic heterocycles. The first-order valence-corrected chi connectivity index (χ1v) is 3.25. The van der Waals surface area contributed by atoms with Crippen LogP contribution in [0.2, 0.25) is 5.02 Å². The molecule has 1 aromatic rings. The lowest BCUT2D eigenvalue weighted by molar-refractivity contribution is 0.625. The Morgan fingerprint density at radius 1 is 1.40 bits per heavy atom. The van der Waals surface area contributed by atoms with Gasteiger partial charge in [-0.25, -0.2) is 4.39 Å². The van der Waals surface area contributed by atoms with Gasteiger partial charge in [-0.15, -0.1) is 0 Å². The Labute approximate surface area is 63.6 Å². The molecule has 2 N–H and O–H groups in total. The molecule has 0 radical (unpaired) electrons. The number of nitrogens with two attached hydrogens (primary N) is 1.